The number of rotatable bonds is 3. The van der Waals surface area contributed by atoms with Crippen molar-refractivity contribution in [2.45, 2.75) is 95.3 Å². The van der Waals surface area contributed by atoms with E-state index in [1.165, 1.54) is 113 Å². The third-order valence-corrected chi connectivity index (χ3v) is 17.6. The minimum absolute atomic E-state index is 0.0470. The lowest BCUT2D eigenvalue weighted by Gasteiger charge is -2.54. The first-order chi connectivity index (χ1) is 28.3. The Balaban J connectivity index is 1.03. The Bertz CT molecular complexity index is 2710. The van der Waals surface area contributed by atoms with E-state index >= 15 is 0 Å². The molecule has 0 radical (unpaired) electrons. The molecule has 4 saturated carbocycles. The zero-order valence-corrected chi connectivity index (χ0v) is 34.7. The lowest BCUT2D eigenvalue weighted by molar-refractivity contribution is 0.0426. The highest BCUT2D eigenvalue weighted by molar-refractivity contribution is 5.91. The predicted octanol–water partition coefficient (Wildman–Crippen LogP) is 14.9. The fraction of sp³-hybridized carbons (Fsp3) is 0.368. The van der Waals surface area contributed by atoms with E-state index in [9.17, 15) is 0 Å². The molecule has 13 rings (SSSR count). The number of benzene rings is 6. The summed E-state index contributed by atoms with van der Waals surface area (Å²) in [6.07, 6.45) is 10.9. The molecular formula is C57H55N. The Morgan fingerprint density at radius 1 is 0.448 bits per heavy atom. The van der Waals surface area contributed by atoms with E-state index in [-0.39, 0.29) is 16.2 Å². The fourth-order valence-corrected chi connectivity index (χ4v) is 15.6. The molecule has 7 aliphatic rings. The van der Waals surface area contributed by atoms with Gasteiger partial charge < -0.3 is 4.90 Å². The van der Waals surface area contributed by atoms with Crippen LogP contribution in [0.15, 0.2) is 127 Å². The van der Waals surface area contributed by atoms with Gasteiger partial charge in [0.05, 0.1) is 0 Å². The van der Waals surface area contributed by atoms with Gasteiger partial charge in [-0.2, -0.15) is 0 Å². The van der Waals surface area contributed by atoms with Crippen molar-refractivity contribution in [3.05, 3.63) is 161 Å². The molecule has 6 aromatic rings. The van der Waals surface area contributed by atoms with E-state index < -0.39 is 0 Å². The molecule has 0 amide bonds. The maximum atomic E-state index is 2.68. The Morgan fingerprint density at radius 3 is 1.74 bits per heavy atom. The molecule has 6 aromatic carbocycles. The first-order valence-corrected chi connectivity index (χ1v) is 22.8. The highest BCUT2D eigenvalue weighted by Crippen LogP contribution is 2.67. The summed E-state index contributed by atoms with van der Waals surface area (Å²) in [6, 6.07) is 50.8. The Labute approximate surface area is 345 Å². The van der Waals surface area contributed by atoms with Crippen molar-refractivity contribution in [3.8, 4) is 33.4 Å². The maximum Gasteiger partial charge on any atom is 0.0468 e. The van der Waals surface area contributed by atoms with Gasteiger partial charge in [0.15, 0.2) is 0 Å². The molecule has 0 N–H and O–H groups in total. The summed E-state index contributed by atoms with van der Waals surface area (Å²) < 4.78 is 0. The molecule has 288 valence electrons. The zero-order valence-electron chi connectivity index (χ0n) is 34.7. The predicted molar refractivity (Wildman–Crippen MR) is 240 cm³/mol. The molecule has 0 aliphatic heterocycles. The molecule has 2 spiro atoms. The average Bonchev–Trinajstić information content (AvgIpc) is 4.03. The van der Waals surface area contributed by atoms with Crippen LogP contribution in [0.25, 0.3) is 33.4 Å². The quantitative estimate of drug-likeness (QED) is 0.174. The van der Waals surface area contributed by atoms with Gasteiger partial charge in [-0.15, -0.1) is 0 Å². The molecule has 7 aliphatic carbocycles. The van der Waals surface area contributed by atoms with Crippen molar-refractivity contribution in [3.63, 3.8) is 0 Å². The molecular weight excluding hydrogens is 699 g/mol. The first-order valence-electron chi connectivity index (χ1n) is 22.8. The van der Waals surface area contributed by atoms with E-state index in [4.69, 9.17) is 0 Å². The van der Waals surface area contributed by atoms with Crippen LogP contribution in [0.3, 0.4) is 0 Å². The molecule has 1 nitrogen and oxygen atoms in total. The molecule has 2 unspecified atom stereocenters. The van der Waals surface area contributed by atoms with E-state index in [2.05, 4.69) is 160 Å². The van der Waals surface area contributed by atoms with Gasteiger partial charge in [0.2, 0.25) is 0 Å². The Morgan fingerprint density at radius 2 is 1.02 bits per heavy atom. The van der Waals surface area contributed by atoms with Gasteiger partial charge in [-0.1, -0.05) is 125 Å². The van der Waals surface area contributed by atoms with Gasteiger partial charge >= 0.3 is 0 Å². The minimum atomic E-state index is -0.0754. The summed E-state index contributed by atoms with van der Waals surface area (Å²) in [5.74, 6) is 4.55. The van der Waals surface area contributed by atoms with Crippen molar-refractivity contribution in [2.24, 2.45) is 35.5 Å². The smallest absolute Gasteiger partial charge is 0.0468 e. The van der Waals surface area contributed by atoms with Gasteiger partial charge in [0.1, 0.15) is 0 Å². The molecule has 4 bridgehead atoms. The Kier molecular flexibility index (Phi) is 6.84. The van der Waals surface area contributed by atoms with Crippen molar-refractivity contribution in [2.75, 3.05) is 4.90 Å². The topological polar surface area (TPSA) is 3.24 Å². The molecule has 0 saturated heterocycles. The molecule has 8 atom stereocenters. The number of hydrogen-bond donors (Lipinski definition) is 0. The van der Waals surface area contributed by atoms with Gasteiger partial charge in [-0.25, -0.2) is 0 Å². The summed E-state index contributed by atoms with van der Waals surface area (Å²) in [6.45, 7) is 9.98. The van der Waals surface area contributed by atoms with Crippen molar-refractivity contribution in [1.29, 1.82) is 0 Å². The number of fused-ring (bicyclic) bond motifs is 19. The van der Waals surface area contributed by atoms with Crippen molar-refractivity contribution < 1.29 is 0 Å². The number of hydrogen-bond acceptors (Lipinski definition) is 1. The van der Waals surface area contributed by atoms with Crippen LogP contribution in [0.4, 0.5) is 17.1 Å². The van der Waals surface area contributed by atoms with E-state index in [0.717, 1.165) is 23.7 Å². The third kappa shape index (κ3) is 4.19. The van der Waals surface area contributed by atoms with Crippen LogP contribution < -0.4 is 4.90 Å². The van der Waals surface area contributed by atoms with Gasteiger partial charge in [-0.3, -0.25) is 0 Å². The minimum Gasteiger partial charge on any atom is -0.310 e. The molecule has 1 heteroatoms. The van der Waals surface area contributed by atoms with Gasteiger partial charge in [0, 0.05) is 33.3 Å². The monoisotopic (exact) mass is 753 g/mol. The second-order valence-corrected chi connectivity index (χ2v) is 20.7. The lowest BCUT2D eigenvalue weighted by atomic mass is 9.49. The highest BCUT2D eigenvalue weighted by atomic mass is 15.1. The van der Waals surface area contributed by atoms with Crippen LogP contribution in [-0.2, 0) is 16.2 Å². The van der Waals surface area contributed by atoms with E-state index in [0.29, 0.717) is 11.8 Å². The zero-order chi connectivity index (χ0) is 38.7. The van der Waals surface area contributed by atoms with Crippen molar-refractivity contribution >= 4 is 17.1 Å². The van der Waals surface area contributed by atoms with Crippen LogP contribution in [-0.4, -0.2) is 0 Å². The third-order valence-electron chi connectivity index (χ3n) is 17.6. The summed E-state index contributed by atoms with van der Waals surface area (Å²) in [5, 5.41) is 0. The lowest BCUT2D eigenvalue weighted by Crippen LogP contribution is -2.49. The highest BCUT2D eigenvalue weighted by Gasteiger charge is 2.58. The summed E-state index contributed by atoms with van der Waals surface area (Å²) in [7, 11) is 0. The number of anilines is 3. The van der Waals surface area contributed by atoms with Gasteiger partial charge in [-0.05, 0) is 184 Å². The van der Waals surface area contributed by atoms with Crippen molar-refractivity contribution in [1.82, 2.24) is 0 Å². The molecule has 0 aromatic heterocycles. The summed E-state index contributed by atoms with van der Waals surface area (Å²) in [5.41, 5.74) is 21.8. The summed E-state index contributed by atoms with van der Waals surface area (Å²) in [4.78, 5) is 2.64. The average molecular weight is 754 g/mol. The fourth-order valence-electron chi connectivity index (χ4n) is 15.6. The van der Waals surface area contributed by atoms with Gasteiger partial charge in [0.25, 0.3) is 0 Å². The molecule has 58 heavy (non-hydrogen) atoms. The van der Waals surface area contributed by atoms with Crippen LogP contribution in [0, 0.1) is 35.5 Å². The first kappa shape index (κ1) is 34.0. The van der Waals surface area contributed by atoms with E-state index in [1.807, 2.05) is 0 Å². The van der Waals surface area contributed by atoms with Crippen LogP contribution in [0.2, 0.25) is 0 Å². The second kappa shape index (κ2) is 11.7. The summed E-state index contributed by atoms with van der Waals surface area (Å²) >= 11 is 0. The van der Waals surface area contributed by atoms with Crippen LogP contribution in [0.5, 0.6) is 0 Å². The van der Waals surface area contributed by atoms with Crippen LogP contribution >= 0.6 is 0 Å². The van der Waals surface area contributed by atoms with Crippen LogP contribution in [0.1, 0.15) is 112 Å². The maximum absolute atomic E-state index is 2.68. The molecule has 4 fully saturated rings. The SMILES string of the molecule is C[C@@H]1CC2C[C@@H](C1)[C@@]1(c3ccccc3-c3ccc(N(c4ccc5c(c4)-c4ccccc4[C@@]54CC5CC[C@H]4C5)c4ccc5c(c4)C(C)(C)c4ccccc4-5)cc31)[C@@H](C)C2. The normalized spacial score (nSPS) is 30.8. The second-order valence-electron chi connectivity index (χ2n) is 20.7. The van der Waals surface area contributed by atoms with E-state index in [1.54, 1.807) is 22.3 Å². The number of nitrogens with zero attached hydrogens (tertiary/aromatic N) is 1. The Hall–Kier alpha value is -4.88. The largest absolute Gasteiger partial charge is 0.310 e. The molecule has 0 heterocycles. The standard InChI is InChI=1S/C57H55N/c1-34-25-37-27-35(2)57(39(26-34)29-37)52-16-10-7-12-44(52)47-23-20-42(32-54(47)57)58(41-19-22-46-43-11-5-8-14-49(43)55(3,4)53(46)31-41)40-21-24-51-48(30-40)45-13-6-9-15-50(45)56(51)33-36-17-18-38(56)28-36/h5-16,19-24,30-32,34-39H,17-18,25-29,33H2,1-4H3/t34-,35+,36?,37?,38+,39-,56+,57-/m1/s1.